The molecule has 86 valence electrons. The quantitative estimate of drug-likeness (QED) is 0.449. The van der Waals surface area contributed by atoms with Crippen molar-refractivity contribution in [3.05, 3.63) is 28.3 Å². The van der Waals surface area contributed by atoms with Crippen molar-refractivity contribution < 1.29 is 19.6 Å². The van der Waals surface area contributed by atoms with Gasteiger partial charge in [0.15, 0.2) is 0 Å². The van der Waals surface area contributed by atoms with Crippen molar-refractivity contribution in [1.29, 1.82) is 0 Å². The molecule has 0 radical (unpaired) electrons. The van der Waals surface area contributed by atoms with E-state index in [0.29, 0.717) is 0 Å². The minimum Gasteiger partial charge on any atom is -0.508 e. The fourth-order valence-electron chi connectivity index (χ4n) is 1.06. The summed E-state index contributed by atoms with van der Waals surface area (Å²) >= 11 is 0. The number of rotatable bonds is 4. The predicted molar refractivity (Wildman–Crippen MR) is 55.3 cm³/mol. The fraction of sp³-hybridized carbons (Fsp3) is 0.222. The lowest BCUT2D eigenvalue weighted by atomic mass is 10.2. The van der Waals surface area contributed by atoms with Gasteiger partial charge in [0, 0.05) is 12.1 Å². The average molecular weight is 226 g/mol. The Morgan fingerprint density at radius 2 is 2.31 bits per heavy atom. The Balaban J connectivity index is 2.88. The van der Waals surface area contributed by atoms with Crippen molar-refractivity contribution in [1.82, 2.24) is 0 Å². The highest BCUT2D eigenvalue weighted by Gasteiger charge is 2.14. The number of benzene rings is 1. The number of nitro benzene ring substituents is 1. The zero-order valence-electron chi connectivity index (χ0n) is 8.47. The van der Waals surface area contributed by atoms with E-state index < -0.39 is 10.9 Å². The molecule has 0 atom stereocenters. The maximum atomic E-state index is 10.8. The third kappa shape index (κ3) is 2.84. The molecule has 1 aromatic carbocycles. The van der Waals surface area contributed by atoms with Crippen LogP contribution in [0, 0.1) is 10.1 Å². The Kier molecular flexibility index (Phi) is 3.65. The Morgan fingerprint density at radius 3 is 2.88 bits per heavy atom. The molecule has 7 heteroatoms. The van der Waals surface area contributed by atoms with Gasteiger partial charge in [-0.15, -0.1) is 0 Å². The lowest BCUT2D eigenvalue weighted by Gasteiger charge is -2.05. The third-order valence-corrected chi connectivity index (χ3v) is 1.83. The molecule has 0 bridgehead atoms. The summed E-state index contributed by atoms with van der Waals surface area (Å²) < 4.78 is 4.37. The Labute approximate surface area is 90.8 Å². The molecule has 1 aromatic rings. The number of carbonyl (C=O) groups excluding carboxylic acids is 1. The van der Waals surface area contributed by atoms with Crippen LogP contribution in [0.15, 0.2) is 18.2 Å². The summed E-state index contributed by atoms with van der Waals surface area (Å²) in [6.45, 7) is -0.208. The molecule has 0 aliphatic rings. The first-order chi connectivity index (χ1) is 7.54. The number of ether oxygens (including phenoxy) is 1. The zero-order chi connectivity index (χ0) is 12.1. The molecule has 0 fully saturated rings. The Morgan fingerprint density at radius 1 is 1.62 bits per heavy atom. The van der Waals surface area contributed by atoms with Crippen molar-refractivity contribution in [3.63, 3.8) is 0 Å². The van der Waals surface area contributed by atoms with Gasteiger partial charge in [0.2, 0.25) is 0 Å². The predicted octanol–water partition coefficient (Wildman–Crippen LogP) is 0.885. The normalized spacial score (nSPS) is 9.56. The van der Waals surface area contributed by atoms with E-state index in [9.17, 15) is 14.9 Å². The van der Waals surface area contributed by atoms with Crippen LogP contribution in [0.1, 0.15) is 0 Å². The molecule has 0 heterocycles. The largest absolute Gasteiger partial charge is 0.508 e. The summed E-state index contributed by atoms with van der Waals surface area (Å²) in [6, 6.07) is 3.51. The lowest BCUT2D eigenvalue weighted by Crippen LogP contribution is -2.15. The van der Waals surface area contributed by atoms with Crippen LogP contribution in [0.25, 0.3) is 0 Å². The summed E-state index contributed by atoms with van der Waals surface area (Å²) in [5.74, 6) is -0.685. The summed E-state index contributed by atoms with van der Waals surface area (Å²) in [5.41, 5.74) is -0.155. The summed E-state index contributed by atoms with van der Waals surface area (Å²) in [4.78, 5) is 20.8. The van der Waals surface area contributed by atoms with Gasteiger partial charge in [-0.1, -0.05) is 0 Å². The van der Waals surface area contributed by atoms with Crippen molar-refractivity contribution in [2.75, 3.05) is 19.0 Å². The summed E-state index contributed by atoms with van der Waals surface area (Å²) in [5, 5.41) is 22.3. The average Bonchev–Trinajstić information content (AvgIpc) is 2.25. The van der Waals surface area contributed by atoms with Gasteiger partial charge < -0.3 is 15.2 Å². The summed E-state index contributed by atoms with van der Waals surface area (Å²) in [7, 11) is 1.21. The first-order valence-electron chi connectivity index (χ1n) is 4.32. The molecule has 0 aliphatic carbocycles. The van der Waals surface area contributed by atoms with E-state index in [1.54, 1.807) is 0 Å². The molecule has 16 heavy (non-hydrogen) atoms. The van der Waals surface area contributed by atoms with Gasteiger partial charge in [-0.3, -0.25) is 14.9 Å². The van der Waals surface area contributed by atoms with Gasteiger partial charge in [-0.25, -0.2) is 0 Å². The second-order valence-corrected chi connectivity index (χ2v) is 2.89. The SMILES string of the molecule is COC(=O)CNc1cc(O)ccc1[N+](=O)[O-]. The number of hydrogen-bond acceptors (Lipinski definition) is 6. The van der Waals surface area contributed by atoms with E-state index in [2.05, 4.69) is 10.1 Å². The maximum Gasteiger partial charge on any atom is 0.325 e. The number of phenolic OH excluding ortho intramolecular Hbond substituents is 1. The first-order valence-corrected chi connectivity index (χ1v) is 4.32. The minimum absolute atomic E-state index is 0.0652. The highest BCUT2D eigenvalue weighted by Crippen LogP contribution is 2.27. The van der Waals surface area contributed by atoms with Crippen LogP contribution in [0.4, 0.5) is 11.4 Å². The smallest absolute Gasteiger partial charge is 0.325 e. The molecular weight excluding hydrogens is 216 g/mol. The first kappa shape index (κ1) is 11.8. The van der Waals surface area contributed by atoms with E-state index in [1.807, 2.05) is 0 Å². The lowest BCUT2D eigenvalue weighted by molar-refractivity contribution is -0.384. The number of nitro groups is 1. The van der Waals surface area contributed by atoms with Crippen LogP contribution >= 0.6 is 0 Å². The van der Waals surface area contributed by atoms with Crippen LogP contribution in [0.5, 0.6) is 5.75 Å². The van der Waals surface area contributed by atoms with E-state index in [0.717, 1.165) is 6.07 Å². The second-order valence-electron chi connectivity index (χ2n) is 2.89. The topological polar surface area (TPSA) is 102 Å². The number of anilines is 1. The van der Waals surface area contributed by atoms with Crippen LogP contribution in [0.3, 0.4) is 0 Å². The van der Waals surface area contributed by atoms with E-state index >= 15 is 0 Å². The van der Waals surface area contributed by atoms with E-state index in [1.165, 1.54) is 19.2 Å². The van der Waals surface area contributed by atoms with E-state index in [-0.39, 0.29) is 23.7 Å². The molecule has 0 saturated carbocycles. The van der Waals surface area contributed by atoms with Crippen molar-refractivity contribution in [3.8, 4) is 5.75 Å². The molecule has 7 nitrogen and oxygen atoms in total. The molecule has 2 N–H and O–H groups in total. The van der Waals surface area contributed by atoms with Crippen LogP contribution in [-0.2, 0) is 9.53 Å². The van der Waals surface area contributed by atoms with Crippen molar-refractivity contribution >= 4 is 17.3 Å². The fourth-order valence-corrected chi connectivity index (χ4v) is 1.06. The minimum atomic E-state index is -0.612. The van der Waals surface area contributed by atoms with Crippen molar-refractivity contribution in [2.24, 2.45) is 0 Å². The van der Waals surface area contributed by atoms with E-state index in [4.69, 9.17) is 5.11 Å². The van der Waals surface area contributed by atoms with Gasteiger partial charge in [-0.05, 0) is 6.07 Å². The Bertz CT molecular complexity index is 418. The molecule has 1 rings (SSSR count). The number of aromatic hydroxyl groups is 1. The highest BCUT2D eigenvalue weighted by atomic mass is 16.6. The standard InChI is InChI=1S/C9H10N2O5/c1-16-9(13)5-10-7-4-6(12)2-3-8(7)11(14)15/h2-4,10,12H,5H2,1H3. The van der Waals surface area contributed by atoms with Crippen LogP contribution in [-0.4, -0.2) is 29.7 Å². The van der Waals surface area contributed by atoms with Crippen LogP contribution < -0.4 is 5.32 Å². The van der Waals surface area contributed by atoms with Gasteiger partial charge in [-0.2, -0.15) is 0 Å². The third-order valence-electron chi connectivity index (χ3n) is 1.83. The Hall–Kier alpha value is -2.31. The van der Waals surface area contributed by atoms with Crippen molar-refractivity contribution in [2.45, 2.75) is 0 Å². The monoisotopic (exact) mass is 226 g/mol. The molecule has 0 unspecified atom stereocenters. The molecular formula is C9H10N2O5. The van der Waals surface area contributed by atoms with Crippen LogP contribution in [0.2, 0.25) is 0 Å². The number of nitrogens with one attached hydrogen (secondary N) is 1. The molecule has 0 amide bonds. The number of methoxy groups -OCH3 is 1. The number of esters is 1. The zero-order valence-corrected chi connectivity index (χ0v) is 8.47. The second kappa shape index (κ2) is 4.96. The van der Waals surface area contributed by atoms with Gasteiger partial charge in [0.1, 0.15) is 18.0 Å². The molecule has 0 aliphatic heterocycles. The number of carbonyl (C=O) groups is 1. The summed E-state index contributed by atoms with van der Waals surface area (Å²) in [6.07, 6.45) is 0. The molecule has 0 spiro atoms. The number of nitrogens with zero attached hydrogens (tertiary/aromatic N) is 1. The molecule has 0 aromatic heterocycles. The highest BCUT2D eigenvalue weighted by molar-refractivity contribution is 5.76. The maximum absolute atomic E-state index is 10.8. The molecule has 0 saturated heterocycles. The van der Waals surface area contributed by atoms with Gasteiger partial charge in [0.05, 0.1) is 12.0 Å². The number of hydrogen-bond donors (Lipinski definition) is 2. The number of phenols is 1. The van der Waals surface area contributed by atoms with Gasteiger partial charge in [0.25, 0.3) is 5.69 Å². The van der Waals surface area contributed by atoms with Gasteiger partial charge >= 0.3 is 5.97 Å².